The molecule has 3 aromatic rings. The Morgan fingerprint density at radius 2 is 1.97 bits per heavy atom. The lowest BCUT2D eigenvalue weighted by Crippen LogP contribution is -2.33. The van der Waals surface area contributed by atoms with E-state index in [4.69, 9.17) is 0 Å². The van der Waals surface area contributed by atoms with Crippen LogP contribution in [0.25, 0.3) is 0 Å². The molecule has 1 saturated heterocycles. The summed E-state index contributed by atoms with van der Waals surface area (Å²) in [6.45, 7) is 6.45. The molecule has 0 aliphatic carbocycles. The van der Waals surface area contributed by atoms with Crippen molar-refractivity contribution >= 4 is 23.1 Å². The van der Waals surface area contributed by atoms with Crippen LogP contribution in [0.3, 0.4) is 0 Å². The number of amides is 1. The largest absolute Gasteiger partial charge is 0.371 e. The average Bonchev–Trinajstić information content (AvgIpc) is 2.88. The van der Waals surface area contributed by atoms with Crippen LogP contribution < -0.4 is 15.5 Å². The van der Waals surface area contributed by atoms with Crippen LogP contribution in [0.1, 0.15) is 54.3 Å². The third-order valence-corrected chi connectivity index (χ3v) is 6.33. The van der Waals surface area contributed by atoms with Crippen molar-refractivity contribution in [3.05, 3.63) is 87.9 Å². The number of piperidine rings is 1. The van der Waals surface area contributed by atoms with Crippen molar-refractivity contribution in [1.29, 1.82) is 0 Å². The maximum Gasteiger partial charge on any atom is 0.293 e. The van der Waals surface area contributed by atoms with Gasteiger partial charge in [-0.3, -0.25) is 19.9 Å². The molecule has 1 unspecified atom stereocenters. The fourth-order valence-corrected chi connectivity index (χ4v) is 4.12. The molecule has 182 valence electrons. The van der Waals surface area contributed by atoms with Gasteiger partial charge in [0, 0.05) is 43.7 Å². The molecule has 0 spiro atoms. The van der Waals surface area contributed by atoms with Crippen LogP contribution >= 0.6 is 0 Å². The predicted molar refractivity (Wildman–Crippen MR) is 135 cm³/mol. The number of aromatic nitrogens is 2. The molecule has 1 atom stereocenters. The number of hydrogen-bond donors (Lipinski definition) is 2. The van der Waals surface area contributed by atoms with Crippen LogP contribution in [0.15, 0.2) is 60.9 Å². The number of carbonyl (C=O) groups is 1. The van der Waals surface area contributed by atoms with E-state index >= 15 is 0 Å². The van der Waals surface area contributed by atoms with Gasteiger partial charge in [-0.25, -0.2) is 4.98 Å². The molecule has 35 heavy (non-hydrogen) atoms. The van der Waals surface area contributed by atoms with Gasteiger partial charge in [-0.1, -0.05) is 19.1 Å². The standard InChI is InChI=1S/C26H30N6O3/c1-18-10-13-31(14-11-18)25-9-6-20(16-28-25)17-29-26(33)21-7-8-23(24(15-21)32(34)35)30-19(2)22-5-3-4-12-27-22/h3-9,12,15-16,18-19,30H,10-11,13-14,17H2,1-2H3,(H,29,33). The van der Waals surface area contributed by atoms with E-state index in [9.17, 15) is 14.9 Å². The van der Waals surface area contributed by atoms with Crippen molar-refractivity contribution in [3.63, 3.8) is 0 Å². The molecule has 0 saturated carbocycles. The highest BCUT2D eigenvalue weighted by atomic mass is 16.6. The molecule has 4 rings (SSSR count). The van der Waals surface area contributed by atoms with Crippen LogP contribution in [0.5, 0.6) is 0 Å². The molecule has 2 aromatic heterocycles. The number of anilines is 2. The molecule has 1 amide bonds. The molecule has 9 nitrogen and oxygen atoms in total. The number of benzene rings is 1. The van der Waals surface area contributed by atoms with Gasteiger partial charge in [0.15, 0.2) is 0 Å². The third-order valence-electron chi connectivity index (χ3n) is 6.33. The van der Waals surface area contributed by atoms with Crippen molar-refractivity contribution < 1.29 is 9.72 Å². The Morgan fingerprint density at radius 3 is 2.63 bits per heavy atom. The quantitative estimate of drug-likeness (QED) is 0.359. The van der Waals surface area contributed by atoms with E-state index in [0.29, 0.717) is 5.69 Å². The van der Waals surface area contributed by atoms with Crippen LogP contribution in [-0.2, 0) is 6.54 Å². The summed E-state index contributed by atoms with van der Waals surface area (Å²) in [6, 6.07) is 13.6. The van der Waals surface area contributed by atoms with Crippen LogP contribution in [0, 0.1) is 16.0 Å². The highest BCUT2D eigenvalue weighted by Crippen LogP contribution is 2.29. The van der Waals surface area contributed by atoms with E-state index in [2.05, 4.69) is 32.4 Å². The van der Waals surface area contributed by atoms with E-state index in [0.717, 1.165) is 36.1 Å². The summed E-state index contributed by atoms with van der Waals surface area (Å²) in [4.78, 5) is 35.0. The van der Waals surface area contributed by atoms with E-state index < -0.39 is 4.92 Å². The second-order valence-corrected chi connectivity index (χ2v) is 8.99. The molecular formula is C26H30N6O3. The van der Waals surface area contributed by atoms with E-state index in [1.807, 2.05) is 37.3 Å². The number of nitro groups is 1. The summed E-state index contributed by atoms with van der Waals surface area (Å²) < 4.78 is 0. The fourth-order valence-electron chi connectivity index (χ4n) is 4.12. The predicted octanol–water partition coefficient (Wildman–Crippen LogP) is 4.72. The highest BCUT2D eigenvalue weighted by molar-refractivity contribution is 5.95. The van der Waals surface area contributed by atoms with Gasteiger partial charge in [-0.15, -0.1) is 0 Å². The maximum atomic E-state index is 12.7. The molecule has 1 aromatic carbocycles. The first kappa shape index (κ1) is 24.1. The number of pyridine rings is 2. The summed E-state index contributed by atoms with van der Waals surface area (Å²) in [5, 5.41) is 17.6. The van der Waals surface area contributed by atoms with Crippen molar-refractivity contribution in [2.75, 3.05) is 23.3 Å². The Balaban J connectivity index is 1.38. The minimum atomic E-state index is -0.492. The lowest BCUT2D eigenvalue weighted by atomic mass is 9.99. The molecule has 1 fully saturated rings. The number of nitrogens with zero attached hydrogens (tertiary/aromatic N) is 4. The molecule has 1 aliphatic heterocycles. The van der Waals surface area contributed by atoms with Gasteiger partial charge in [0.05, 0.1) is 16.7 Å². The first-order valence-corrected chi connectivity index (χ1v) is 11.8. The zero-order chi connectivity index (χ0) is 24.8. The topological polar surface area (TPSA) is 113 Å². The SMILES string of the molecule is CC1CCN(c2ccc(CNC(=O)c3ccc(NC(C)c4ccccn4)c([N+](=O)[O-])c3)cn2)CC1. The van der Waals surface area contributed by atoms with E-state index in [1.54, 1.807) is 24.5 Å². The van der Waals surface area contributed by atoms with E-state index in [1.165, 1.54) is 18.9 Å². The summed E-state index contributed by atoms with van der Waals surface area (Å²) in [7, 11) is 0. The Hall–Kier alpha value is -4.01. The average molecular weight is 475 g/mol. The zero-order valence-electron chi connectivity index (χ0n) is 20.0. The van der Waals surface area contributed by atoms with Gasteiger partial charge in [0.25, 0.3) is 11.6 Å². The molecule has 3 heterocycles. The van der Waals surface area contributed by atoms with Gasteiger partial charge < -0.3 is 15.5 Å². The molecule has 9 heteroatoms. The van der Waals surface area contributed by atoms with Gasteiger partial charge >= 0.3 is 0 Å². The Bertz CT molecular complexity index is 1160. The van der Waals surface area contributed by atoms with Crippen molar-refractivity contribution in [2.45, 2.75) is 39.3 Å². The van der Waals surface area contributed by atoms with Crippen molar-refractivity contribution in [3.8, 4) is 0 Å². The van der Waals surface area contributed by atoms with Crippen LogP contribution in [0.2, 0.25) is 0 Å². The number of nitro benzene ring substituents is 1. The Labute approximate surface area is 204 Å². The van der Waals surface area contributed by atoms with Gasteiger partial charge in [-0.2, -0.15) is 0 Å². The maximum absolute atomic E-state index is 12.7. The zero-order valence-corrected chi connectivity index (χ0v) is 20.0. The van der Waals surface area contributed by atoms with Crippen LogP contribution in [-0.4, -0.2) is 33.9 Å². The number of nitrogens with one attached hydrogen (secondary N) is 2. The lowest BCUT2D eigenvalue weighted by Gasteiger charge is -2.31. The molecule has 0 radical (unpaired) electrons. The number of carbonyl (C=O) groups excluding carboxylic acids is 1. The second-order valence-electron chi connectivity index (χ2n) is 8.99. The summed E-state index contributed by atoms with van der Waals surface area (Å²) in [6.07, 6.45) is 5.78. The van der Waals surface area contributed by atoms with Gasteiger partial charge in [0.2, 0.25) is 0 Å². The third kappa shape index (κ3) is 6.11. The Kier molecular flexibility index (Phi) is 7.54. The lowest BCUT2D eigenvalue weighted by molar-refractivity contribution is -0.384. The van der Waals surface area contributed by atoms with Crippen LogP contribution in [0.4, 0.5) is 17.2 Å². The number of hydrogen-bond acceptors (Lipinski definition) is 7. The number of rotatable bonds is 8. The fraction of sp³-hybridized carbons (Fsp3) is 0.346. The normalized spacial score (nSPS) is 14.9. The van der Waals surface area contributed by atoms with Crippen molar-refractivity contribution in [2.24, 2.45) is 5.92 Å². The summed E-state index contributed by atoms with van der Waals surface area (Å²) >= 11 is 0. The monoisotopic (exact) mass is 474 g/mol. The van der Waals surface area contributed by atoms with Gasteiger partial charge in [-0.05, 0) is 61.6 Å². The smallest absolute Gasteiger partial charge is 0.293 e. The first-order chi connectivity index (χ1) is 16.9. The molecule has 1 aliphatic rings. The highest BCUT2D eigenvalue weighted by Gasteiger charge is 2.20. The second kappa shape index (κ2) is 10.9. The minimum absolute atomic E-state index is 0.165. The minimum Gasteiger partial charge on any atom is -0.371 e. The Morgan fingerprint density at radius 1 is 1.17 bits per heavy atom. The molecular weight excluding hydrogens is 444 g/mol. The summed E-state index contributed by atoms with van der Waals surface area (Å²) in [5.41, 5.74) is 2.01. The molecule has 0 bridgehead atoms. The first-order valence-electron chi connectivity index (χ1n) is 11.8. The molecule has 2 N–H and O–H groups in total. The van der Waals surface area contributed by atoms with Gasteiger partial charge in [0.1, 0.15) is 11.5 Å². The summed E-state index contributed by atoms with van der Waals surface area (Å²) in [5.74, 6) is 1.32. The van der Waals surface area contributed by atoms with Crippen molar-refractivity contribution in [1.82, 2.24) is 15.3 Å². The van der Waals surface area contributed by atoms with E-state index in [-0.39, 0.29) is 29.7 Å².